The smallest absolute Gasteiger partial charge is 0.244 e. The molecule has 1 aliphatic heterocycles. The van der Waals surface area contributed by atoms with Crippen LogP contribution in [0.1, 0.15) is 12.5 Å². The number of β-amino-alcohol motifs (C(OH)–C–C–N with tert-alkyl or cyclic N) is 1. The van der Waals surface area contributed by atoms with E-state index in [2.05, 4.69) is 0 Å². The van der Waals surface area contributed by atoms with Crippen molar-refractivity contribution >= 4 is 21.6 Å². The lowest BCUT2D eigenvalue weighted by atomic mass is 10.0. The highest BCUT2D eigenvalue weighted by atomic mass is 35.5. The van der Waals surface area contributed by atoms with Crippen molar-refractivity contribution in [2.75, 3.05) is 13.1 Å². The van der Waals surface area contributed by atoms with E-state index in [0.717, 1.165) is 4.31 Å². The van der Waals surface area contributed by atoms with E-state index < -0.39 is 15.6 Å². The summed E-state index contributed by atoms with van der Waals surface area (Å²) in [6, 6.07) is 5.90. The third kappa shape index (κ3) is 2.22. The molecule has 1 N–H and O–H groups in total. The lowest BCUT2D eigenvalue weighted by Crippen LogP contribution is -2.61. The summed E-state index contributed by atoms with van der Waals surface area (Å²) in [5.74, 6) is 0. The van der Waals surface area contributed by atoms with Crippen molar-refractivity contribution in [3.05, 3.63) is 28.8 Å². The SMILES string of the molecule is CC1(O)CN(S(=O)(=O)c2ccc(C#N)cc2Cl)C1. The van der Waals surface area contributed by atoms with Crippen LogP contribution in [0.25, 0.3) is 0 Å². The molecule has 0 spiro atoms. The molecule has 1 aliphatic rings. The number of nitrogens with zero attached hydrogens (tertiary/aromatic N) is 2. The normalized spacial score (nSPS) is 19.0. The molecule has 1 fully saturated rings. The van der Waals surface area contributed by atoms with Crippen molar-refractivity contribution in [1.82, 2.24) is 4.31 Å². The summed E-state index contributed by atoms with van der Waals surface area (Å²) in [7, 11) is -3.70. The molecule has 1 aromatic carbocycles. The van der Waals surface area contributed by atoms with Crippen molar-refractivity contribution in [1.29, 1.82) is 5.26 Å². The Bertz CT molecular complexity index is 626. The predicted octanol–water partition coefficient (Wildman–Crippen LogP) is 0.967. The number of hydrogen-bond donors (Lipinski definition) is 1. The third-order valence-electron chi connectivity index (χ3n) is 2.71. The van der Waals surface area contributed by atoms with Gasteiger partial charge in [0.25, 0.3) is 0 Å². The van der Waals surface area contributed by atoms with Gasteiger partial charge in [-0.15, -0.1) is 0 Å². The number of nitriles is 1. The molecule has 0 aliphatic carbocycles. The molecule has 0 aromatic heterocycles. The first-order valence-electron chi connectivity index (χ1n) is 5.18. The van der Waals surface area contributed by atoms with Crippen molar-refractivity contribution in [2.24, 2.45) is 0 Å². The van der Waals surface area contributed by atoms with Gasteiger partial charge >= 0.3 is 0 Å². The molecule has 0 saturated carbocycles. The van der Waals surface area contributed by atoms with Crippen LogP contribution in [0, 0.1) is 11.3 Å². The van der Waals surface area contributed by atoms with Gasteiger partial charge in [-0.2, -0.15) is 9.57 Å². The van der Waals surface area contributed by atoms with Gasteiger partial charge in [0.1, 0.15) is 4.90 Å². The lowest BCUT2D eigenvalue weighted by molar-refractivity contribution is -0.0426. The van der Waals surface area contributed by atoms with E-state index in [0.29, 0.717) is 5.56 Å². The summed E-state index contributed by atoms with van der Waals surface area (Å²) < 4.78 is 25.5. The Kier molecular flexibility index (Phi) is 3.11. The van der Waals surface area contributed by atoms with Gasteiger partial charge in [0.15, 0.2) is 0 Å². The molecule has 0 unspecified atom stereocenters. The maximum Gasteiger partial charge on any atom is 0.244 e. The van der Waals surface area contributed by atoms with E-state index in [-0.39, 0.29) is 23.0 Å². The molecule has 0 radical (unpaired) electrons. The second-order valence-electron chi connectivity index (χ2n) is 4.53. The first-order chi connectivity index (χ1) is 8.26. The summed E-state index contributed by atoms with van der Waals surface area (Å²) >= 11 is 5.87. The van der Waals surface area contributed by atoms with Crippen LogP contribution in [-0.2, 0) is 10.0 Å². The van der Waals surface area contributed by atoms with Crippen LogP contribution in [-0.4, -0.2) is 36.5 Å². The highest BCUT2D eigenvalue weighted by molar-refractivity contribution is 7.89. The molecule has 0 atom stereocenters. The van der Waals surface area contributed by atoms with E-state index in [1.807, 2.05) is 6.07 Å². The average molecular weight is 287 g/mol. The molecule has 5 nitrogen and oxygen atoms in total. The van der Waals surface area contributed by atoms with Crippen LogP contribution in [0.4, 0.5) is 0 Å². The Morgan fingerprint density at radius 2 is 2.11 bits per heavy atom. The fraction of sp³-hybridized carbons (Fsp3) is 0.364. The monoisotopic (exact) mass is 286 g/mol. The summed E-state index contributed by atoms with van der Waals surface area (Å²) in [5.41, 5.74) is -0.680. The van der Waals surface area contributed by atoms with Gasteiger partial charge < -0.3 is 5.11 Å². The van der Waals surface area contributed by atoms with E-state index in [9.17, 15) is 13.5 Å². The van der Waals surface area contributed by atoms with E-state index in [1.54, 1.807) is 6.92 Å². The van der Waals surface area contributed by atoms with Gasteiger partial charge in [0.05, 0.1) is 22.3 Å². The number of benzene rings is 1. The minimum absolute atomic E-state index is 0.0144. The summed E-state index contributed by atoms with van der Waals surface area (Å²) in [6.45, 7) is 1.66. The third-order valence-corrected chi connectivity index (χ3v) is 4.99. The van der Waals surface area contributed by atoms with Gasteiger partial charge in [-0.1, -0.05) is 11.6 Å². The fourth-order valence-corrected chi connectivity index (χ4v) is 3.99. The number of hydrogen-bond acceptors (Lipinski definition) is 4. The second-order valence-corrected chi connectivity index (χ2v) is 6.84. The Labute approximate surface area is 110 Å². The Hall–Kier alpha value is -1.13. The molecule has 0 amide bonds. The molecular formula is C11H11ClN2O3S. The second kappa shape index (κ2) is 4.21. The van der Waals surface area contributed by atoms with Gasteiger partial charge in [-0.05, 0) is 25.1 Å². The molecule has 1 heterocycles. The molecular weight excluding hydrogens is 276 g/mol. The molecule has 1 saturated heterocycles. The summed E-state index contributed by atoms with van der Waals surface area (Å²) in [5, 5.41) is 18.3. The van der Waals surface area contributed by atoms with Crippen LogP contribution >= 0.6 is 11.6 Å². The predicted molar refractivity (Wildman–Crippen MR) is 65.5 cm³/mol. The zero-order chi connectivity index (χ0) is 13.6. The van der Waals surface area contributed by atoms with Gasteiger partial charge in [0.2, 0.25) is 10.0 Å². The Balaban J connectivity index is 2.35. The highest BCUT2D eigenvalue weighted by Crippen LogP contribution is 2.31. The van der Waals surface area contributed by atoms with Crippen molar-refractivity contribution < 1.29 is 13.5 Å². The quantitative estimate of drug-likeness (QED) is 0.878. The van der Waals surface area contributed by atoms with Crippen molar-refractivity contribution in [3.8, 4) is 6.07 Å². The zero-order valence-electron chi connectivity index (χ0n) is 9.59. The number of aliphatic hydroxyl groups is 1. The zero-order valence-corrected chi connectivity index (χ0v) is 11.2. The molecule has 2 rings (SSSR count). The van der Waals surface area contributed by atoms with Crippen LogP contribution < -0.4 is 0 Å². The molecule has 18 heavy (non-hydrogen) atoms. The maximum absolute atomic E-state index is 12.2. The molecule has 0 bridgehead atoms. The van der Waals surface area contributed by atoms with Gasteiger partial charge in [0, 0.05) is 13.1 Å². The van der Waals surface area contributed by atoms with Gasteiger partial charge in [-0.3, -0.25) is 0 Å². The maximum atomic E-state index is 12.2. The first kappa shape index (κ1) is 13.3. The molecule has 96 valence electrons. The van der Waals surface area contributed by atoms with Crippen LogP contribution in [0.5, 0.6) is 0 Å². The van der Waals surface area contributed by atoms with Crippen LogP contribution in [0.3, 0.4) is 0 Å². The van der Waals surface area contributed by atoms with Crippen molar-refractivity contribution in [2.45, 2.75) is 17.4 Å². The first-order valence-corrected chi connectivity index (χ1v) is 7.00. The standard InChI is InChI=1S/C11H11ClN2O3S/c1-11(15)6-14(7-11)18(16,17)10-3-2-8(5-13)4-9(10)12/h2-4,15H,6-7H2,1H3. The number of halogens is 1. The fourth-order valence-electron chi connectivity index (χ4n) is 1.80. The highest BCUT2D eigenvalue weighted by Gasteiger charge is 2.44. The largest absolute Gasteiger partial charge is 0.387 e. The van der Waals surface area contributed by atoms with E-state index in [1.165, 1.54) is 18.2 Å². The van der Waals surface area contributed by atoms with Crippen LogP contribution in [0.2, 0.25) is 5.02 Å². The number of rotatable bonds is 2. The minimum Gasteiger partial charge on any atom is -0.387 e. The van der Waals surface area contributed by atoms with E-state index >= 15 is 0 Å². The Morgan fingerprint density at radius 1 is 1.50 bits per heavy atom. The van der Waals surface area contributed by atoms with Gasteiger partial charge in [-0.25, -0.2) is 8.42 Å². The number of sulfonamides is 1. The van der Waals surface area contributed by atoms with Crippen molar-refractivity contribution in [3.63, 3.8) is 0 Å². The molecule has 7 heteroatoms. The van der Waals surface area contributed by atoms with Crippen LogP contribution in [0.15, 0.2) is 23.1 Å². The average Bonchev–Trinajstić information content (AvgIpc) is 2.25. The van der Waals surface area contributed by atoms with E-state index in [4.69, 9.17) is 16.9 Å². The lowest BCUT2D eigenvalue weighted by Gasteiger charge is -2.42. The summed E-state index contributed by atoms with van der Waals surface area (Å²) in [6.07, 6.45) is 0. The molecule has 1 aromatic rings. The topological polar surface area (TPSA) is 81.4 Å². The Morgan fingerprint density at radius 3 is 2.56 bits per heavy atom. The summed E-state index contributed by atoms with van der Waals surface area (Å²) in [4.78, 5) is -0.0429. The minimum atomic E-state index is -3.70.